The Bertz CT molecular complexity index is 659. The molecule has 1 aromatic heterocycles. The van der Waals surface area contributed by atoms with Gasteiger partial charge in [0, 0.05) is 14.3 Å². The smallest absolute Gasteiger partial charge is 0.418 e. The van der Waals surface area contributed by atoms with Crippen LogP contribution in [0.3, 0.4) is 0 Å². The quantitative estimate of drug-likeness (QED) is 0.651. The van der Waals surface area contributed by atoms with Gasteiger partial charge in [-0.3, -0.25) is 4.57 Å². The fourth-order valence-electron chi connectivity index (χ4n) is 1.89. The zero-order chi connectivity index (χ0) is 14.4. The molecule has 0 spiro atoms. The second kappa shape index (κ2) is 4.98. The van der Waals surface area contributed by atoms with E-state index in [9.17, 15) is 4.79 Å². The van der Waals surface area contributed by atoms with Gasteiger partial charge in [0.2, 0.25) is 0 Å². The van der Waals surface area contributed by atoms with Crippen LogP contribution in [0.4, 0.5) is 4.79 Å². The summed E-state index contributed by atoms with van der Waals surface area (Å²) in [5.41, 5.74) is 1.18. The molecule has 0 N–H and O–H groups in total. The summed E-state index contributed by atoms with van der Waals surface area (Å²) in [6, 6.07) is 5.86. The molecule has 0 saturated heterocycles. The van der Waals surface area contributed by atoms with E-state index in [1.807, 2.05) is 46.8 Å². The lowest BCUT2D eigenvalue weighted by Crippen LogP contribution is -2.32. The van der Waals surface area contributed by atoms with E-state index < -0.39 is 5.60 Å². The molecule has 0 aliphatic rings. The SMILES string of the molecule is Bc1cc2cc(Br)c(Br)cc2n1C(=O)OC(C)(C)C. The van der Waals surface area contributed by atoms with Gasteiger partial charge in [-0.05, 0) is 76.4 Å². The molecule has 0 aliphatic heterocycles. The van der Waals surface area contributed by atoms with Crippen molar-refractivity contribution in [3.8, 4) is 0 Å². The van der Waals surface area contributed by atoms with E-state index in [-0.39, 0.29) is 6.09 Å². The van der Waals surface area contributed by atoms with Crippen LogP contribution >= 0.6 is 31.9 Å². The third-order valence-corrected chi connectivity index (χ3v) is 4.45. The average Bonchev–Trinajstić information content (AvgIpc) is 2.52. The molecule has 0 fully saturated rings. The van der Waals surface area contributed by atoms with Gasteiger partial charge in [-0.15, -0.1) is 0 Å². The van der Waals surface area contributed by atoms with E-state index >= 15 is 0 Å². The van der Waals surface area contributed by atoms with Crippen molar-refractivity contribution in [2.75, 3.05) is 0 Å². The summed E-state index contributed by atoms with van der Waals surface area (Å²) in [5, 5.41) is 0.999. The molecule has 0 atom stereocenters. The molecule has 0 bridgehead atoms. The normalized spacial score (nSPS) is 11.8. The van der Waals surface area contributed by atoms with E-state index in [4.69, 9.17) is 4.74 Å². The number of aromatic nitrogens is 1. The van der Waals surface area contributed by atoms with Gasteiger partial charge >= 0.3 is 6.09 Å². The molecule has 0 amide bonds. The number of hydrogen-bond acceptors (Lipinski definition) is 2. The first-order valence-electron chi connectivity index (χ1n) is 5.89. The number of nitrogens with zero attached hydrogens (tertiary/aromatic N) is 1. The maximum absolute atomic E-state index is 12.3. The number of benzene rings is 1. The van der Waals surface area contributed by atoms with Crippen molar-refractivity contribution in [2.45, 2.75) is 26.4 Å². The molecule has 100 valence electrons. The van der Waals surface area contributed by atoms with E-state index in [0.29, 0.717) is 0 Å². The van der Waals surface area contributed by atoms with Crippen LogP contribution in [0.1, 0.15) is 20.8 Å². The minimum Gasteiger partial charge on any atom is -0.443 e. The molecule has 2 aromatic rings. The van der Waals surface area contributed by atoms with Gasteiger partial charge in [0.15, 0.2) is 7.85 Å². The summed E-state index contributed by atoms with van der Waals surface area (Å²) in [6.45, 7) is 5.58. The summed E-state index contributed by atoms with van der Waals surface area (Å²) >= 11 is 6.92. The fourth-order valence-corrected chi connectivity index (χ4v) is 2.58. The highest BCUT2D eigenvalue weighted by atomic mass is 79.9. The van der Waals surface area contributed by atoms with Gasteiger partial charge in [0.05, 0.1) is 5.52 Å². The Morgan fingerprint density at radius 2 is 1.79 bits per heavy atom. The lowest BCUT2D eigenvalue weighted by molar-refractivity contribution is 0.0549. The highest BCUT2D eigenvalue weighted by Crippen LogP contribution is 2.29. The van der Waals surface area contributed by atoms with Crippen LogP contribution in [0.15, 0.2) is 27.1 Å². The fraction of sp³-hybridized carbons (Fsp3) is 0.308. The van der Waals surface area contributed by atoms with Crippen molar-refractivity contribution in [3.05, 3.63) is 27.1 Å². The zero-order valence-corrected chi connectivity index (χ0v) is 14.4. The molecule has 0 radical (unpaired) electrons. The Morgan fingerprint density at radius 3 is 2.37 bits per heavy atom. The van der Waals surface area contributed by atoms with Crippen LogP contribution in [0.25, 0.3) is 10.9 Å². The maximum Gasteiger partial charge on any atom is 0.418 e. The topological polar surface area (TPSA) is 31.2 Å². The number of ether oxygens (including phenoxy) is 1. The molecular weight excluding hydrogens is 373 g/mol. The number of carbonyl (C=O) groups excluding carboxylic acids is 1. The molecule has 1 heterocycles. The Kier molecular flexibility index (Phi) is 3.84. The Balaban J connectivity index is 2.57. The molecule has 6 heteroatoms. The maximum atomic E-state index is 12.3. The van der Waals surface area contributed by atoms with Gasteiger partial charge < -0.3 is 4.74 Å². The van der Waals surface area contributed by atoms with Crippen molar-refractivity contribution in [2.24, 2.45) is 0 Å². The van der Waals surface area contributed by atoms with Gasteiger partial charge in [-0.25, -0.2) is 4.79 Å². The second-order valence-electron chi connectivity index (χ2n) is 5.43. The molecule has 0 saturated carbocycles. The molecular formula is C13H14BBr2NO2. The predicted molar refractivity (Wildman–Crippen MR) is 87.1 cm³/mol. The van der Waals surface area contributed by atoms with E-state index in [0.717, 1.165) is 25.4 Å². The number of halogens is 2. The molecule has 2 rings (SSSR count). The summed E-state index contributed by atoms with van der Waals surface area (Å²) in [7, 11) is 1.89. The second-order valence-corrected chi connectivity index (χ2v) is 7.14. The number of hydrogen-bond donors (Lipinski definition) is 0. The van der Waals surface area contributed by atoms with Crippen LogP contribution in [0, 0.1) is 0 Å². The van der Waals surface area contributed by atoms with Crippen molar-refractivity contribution in [1.29, 1.82) is 0 Å². The molecule has 0 unspecified atom stereocenters. The summed E-state index contributed by atoms with van der Waals surface area (Å²) in [4.78, 5) is 12.3. The van der Waals surface area contributed by atoms with Crippen molar-refractivity contribution in [3.63, 3.8) is 0 Å². The van der Waals surface area contributed by atoms with Crippen LogP contribution < -0.4 is 5.59 Å². The van der Waals surface area contributed by atoms with E-state index in [1.54, 1.807) is 4.57 Å². The van der Waals surface area contributed by atoms with Crippen LogP contribution in [-0.2, 0) is 4.74 Å². The third-order valence-electron chi connectivity index (χ3n) is 2.60. The Labute approximate surface area is 130 Å². The van der Waals surface area contributed by atoms with E-state index in [1.165, 1.54) is 0 Å². The first kappa shape index (κ1) is 14.7. The van der Waals surface area contributed by atoms with Crippen molar-refractivity contribution in [1.82, 2.24) is 4.57 Å². The first-order valence-corrected chi connectivity index (χ1v) is 7.48. The summed E-state index contributed by atoms with van der Waals surface area (Å²) in [6.07, 6.45) is -0.353. The third kappa shape index (κ3) is 3.05. The van der Waals surface area contributed by atoms with E-state index in [2.05, 4.69) is 31.9 Å². The lowest BCUT2D eigenvalue weighted by Gasteiger charge is -2.20. The number of rotatable bonds is 0. The van der Waals surface area contributed by atoms with Crippen LogP contribution in [-0.4, -0.2) is 24.1 Å². The van der Waals surface area contributed by atoms with Crippen molar-refractivity contribution >= 4 is 62.3 Å². The number of carbonyl (C=O) groups is 1. The Morgan fingerprint density at radius 1 is 1.21 bits per heavy atom. The van der Waals surface area contributed by atoms with Crippen LogP contribution in [0.5, 0.6) is 0 Å². The minimum absolute atomic E-state index is 0.353. The Hall–Kier alpha value is -0.745. The first-order chi connectivity index (χ1) is 8.69. The van der Waals surface area contributed by atoms with Crippen LogP contribution in [0.2, 0.25) is 0 Å². The van der Waals surface area contributed by atoms with Gasteiger partial charge in [-0.1, -0.05) is 0 Å². The predicted octanol–water partition coefficient (Wildman–Crippen LogP) is 3.21. The summed E-state index contributed by atoms with van der Waals surface area (Å²) in [5.74, 6) is 0. The lowest BCUT2D eigenvalue weighted by atomic mass is 10.1. The van der Waals surface area contributed by atoms with Gasteiger partial charge in [0.25, 0.3) is 0 Å². The van der Waals surface area contributed by atoms with Crippen molar-refractivity contribution < 1.29 is 9.53 Å². The molecule has 3 nitrogen and oxygen atoms in total. The molecule has 0 aliphatic carbocycles. The zero-order valence-electron chi connectivity index (χ0n) is 11.3. The molecule has 19 heavy (non-hydrogen) atoms. The highest BCUT2D eigenvalue weighted by molar-refractivity contribution is 9.13. The van der Waals surface area contributed by atoms with Gasteiger partial charge in [0.1, 0.15) is 5.60 Å². The minimum atomic E-state index is -0.507. The monoisotopic (exact) mass is 385 g/mol. The van der Waals surface area contributed by atoms with Gasteiger partial charge in [-0.2, -0.15) is 0 Å². The highest BCUT2D eigenvalue weighted by Gasteiger charge is 2.21. The average molecular weight is 387 g/mol. The summed E-state index contributed by atoms with van der Waals surface area (Å²) < 4.78 is 8.90. The largest absolute Gasteiger partial charge is 0.443 e. The number of fused-ring (bicyclic) bond motifs is 1. The molecule has 1 aromatic carbocycles. The standard InChI is InChI=1S/C13H14BBr2NO2/c1-13(2,3)19-12(18)17-10-6-9(16)8(15)4-7(10)5-11(17)14/h4-6H,14H2,1-3H3.